The fourth-order valence-corrected chi connectivity index (χ4v) is 5.32. The van der Waals surface area contributed by atoms with E-state index in [1.54, 1.807) is 39.0 Å². The molecule has 4 N–H and O–H groups in total. The molecule has 1 unspecified atom stereocenters. The first-order valence-corrected chi connectivity index (χ1v) is 13.1. The number of benzene rings is 2. The Labute approximate surface area is 207 Å². The minimum absolute atomic E-state index is 0.0800. The van der Waals surface area contributed by atoms with Crippen molar-refractivity contribution in [2.45, 2.75) is 62.9 Å². The smallest absolute Gasteiger partial charge is 0.248 e. The molecule has 1 aliphatic heterocycles. The molecule has 0 spiro atoms. The van der Waals surface area contributed by atoms with Crippen LogP contribution in [0, 0.1) is 6.92 Å². The van der Waals surface area contributed by atoms with E-state index >= 15 is 0 Å². The van der Waals surface area contributed by atoms with Crippen LogP contribution in [0.5, 0.6) is 0 Å². The van der Waals surface area contributed by atoms with Crippen LogP contribution in [0.4, 0.5) is 0 Å². The van der Waals surface area contributed by atoms with Gasteiger partial charge < -0.3 is 20.7 Å². The maximum atomic E-state index is 13.5. The van der Waals surface area contributed by atoms with Gasteiger partial charge >= 0.3 is 0 Å². The lowest BCUT2D eigenvalue weighted by Gasteiger charge is -2.31. The molecule has 3 rings (SSSR count). The van der Waals surface area contributed by atoms with E-state index in [9.17, 15) is 18.0 Å². The van der Waals surface area contributed by atoms with Crippen molar-refractivity contribution in [1.82, 2.24) is 14.9 Å². The number of ether oxygens (including phenoxy) is 1. The number of rotatable bonds is 10. The topological polar surface area (TPSA) is 131 Å². The Bertz CT molecular complexity index is 1130. The van der Waals surface area contributed by atoms with Crippen molar-refractivity contribution in [3.8, 4) is 0 Å². The summed E-state index contributed by atoms with van der Waals surface area (Å²) in [5, 5.41) is 2.69. The Morgan fingerprint density at radius 1 is 1.14 bits per heavy atom. The third-order valence-electron chi connectivity index (χ3n) is 5.79. The van der Waals surface area contributed by atoms with Gasteiger partial charge in [0.2, 0.25) is 21.8 Å². The monoisotopic (exact) mass is 502 g/mol. The van der Waals surface area contributed by atoms with Gasteiger partial charge in [0.25, 0.3) is 0 Å². The summed E-state index contributed by atoms with van der Waals surface area (Å²) in [4.78, 5) is 27.7. The standard InChI is InChI=1S/C25H34N4O5S/c1-18-10-7-8-13-21(18)35(32,33)28-22-14-9-15-29(22)23(30)20(27-24(31)25(2,3)26)17-34-16-19-11-5-4-6-12-19/h4-8,10-13,20,22,28H,9,14-17,26H2,1-3H3,(H,27,31)/t20-,22?/m1/s1. The number of nitrogens with one attached hydrogen (secondary N) is 2. The van der Waals surface area contributed by atoms with Gasteiger partial charge in [-0.3, -0.25) is 9.59 Å². The van der Waals surface area contributed by atoms with Crippen molar-refractivity contribution in [3.05, 3.63) is 65.7 Å². The lowest BCUT2D eigenvalue weighted by atomic mass is 10.1. The van der Waals surface area contributed by atoms with E-state index in [1.165, 1.54) is 11.0 Å². The number of amides is 2. The second-order valence-electron chi connectivity index (χ2n) is 9.32. The molecule has 1 saturated heterocycles. The van der Waals surface area contributed by atoms with Crippen molar-refractivity contribution in [2.75, 3.05) is 13.2 Å². The highest BCUT2D eigenvalue weighted by atomic mass is 32.2. The molecule has 0 bridgehead atoms. The Kier molecular flexibility index (Phi) is 8.65. The molecule has 35 heavy (non-hydrogen) atoms. The molecule has 0 radical (unpaired) electrons. The highest BCUT2D eigenvalue weighted by Crippen LogP contribution is 2.21. The predicted octanol–water partition coefficient (Wildman–Crippen LogP) is 1.66. The maximum absolute atomic E-state index is 13.5. The summed E-state index contributed by atoms with van der Waals surface area (Å²) in [5.41, 5.74) is 6.26. The third-order valence-corrected chi connectivity index (χ3v) is 7.41. The minimum Gasteiger partial charge on any atom is -0.374 e. The number of carbonyl (C=O) groups excluding carboxylic acids is 2. The molecule has 10 heteroatoms. The molecule has 9 nitrogen and oxygen atoms in total. The average molecular weight is 503 g/mol. The second-order valence-corrected chi connectivity index (χ2v) is 11.0. The average Bonchev–Trinajstić information content (AvgIpc) is 3.25. The van der Waals surface area contributed by atoms with Gasteiger partial charge in [-0.25, -0.2) is 8.42 Å². The van der Waals surface area contributed by atoms with Crippen LogP contribution in [0.3, 0.4) is 0 Å². The largest absolute Gasteiger partial charge is 0.374 e. The summed E-state index contributed by atoms with van der Waals surface area (Å²) in [7, 11) is -3.85. The van der Waals surface area contributed by atoms with E-state index in [4.69, 9.17) is 10.5 Å². The van der Waals surface area contributed by atoms with Crippen molar-refractivity contribution in [1.29, 1.82) is 0 Å². The van der Waals surface area contributed by atoms with E-state index in [2.05, 4.69) is 10.0 Å². The number of hydrogen-bond donors (Lipinski definition) is 3. The molecule has 2 aromatic rings. The van der Waals surface area contributed by atoms with Crippen LogP contribution in [0.1, 0.15) is 37.8 Å². The van der Waals surface area contributed by atoms with E-state index in [1.807, 2.05) is 30.3 Å². The fraction of sp³-hybridized carbons (Fsp3) is 0.440. The highest BCUT2D eigenvalue weighted by Gasteiger charge is 2.37. The lowest BCUT2D eigenvalue weighted by molar-refractivity contribution is -0.140. The first-order chi connectivity index (χ1) is 16.5. The van der Waals surface area contributed by atoms with Gasteiger partial charge in [0.15, 0.2) is 0 Å². The SMILES string of the molecule is Cc1ccccc1S(=O)(=O)NC1CCCN1C(=O)[C@@H](COCc1ccccc1)NC(=O)C(C)(C)N. The summed E-state index contributed by atoms with van der Waals surface area (Å²) in [5.74, 6) is -0.930. The molecule has 2 amide bonds. The number of nitrogens with two attached hydrogens (primary N) is 1. The zero-order valence-electron chi connectivity index (χ0n) is 20.4. The molecule has 1 fully saturated rings. The summed E-state index contributed by atoms with van der Waals surface area (Å²) in [6.45, 7) is 5.35. The summed E-state index contributed by atoms with van der Waals surface area (Å²) in [6.07, 6.45) is 0.359. The van der Waals surface area contributed by atoms with Gasteiger partial charge in [-0.05, 0) is 50.8 Å². The Morgan fingerprint density at radius 2 is 1.80 bits per heavy atom. The van der Waals surface area contributed by atoms with Crippen LogP contribution in [-0.2, 0) is 31.0 Å². The van der Waals surface area contributed by atoms with Crippen molar-refractivity contribution in [2.24, 2.45) is 5.73 Å². The third kappa shape index (κ3) is 7.11. The second kappa shape index (κ2) is 11.3. The van der Waals surface area contributed by atoms with E-state index < -0.39 is 39.6 Å². The molecule has 1 aliphatic rings. The number of sulfonamides is 1. The van der Waals surface area contributed by atoms with Gasteiger partial charge in [-0.15, -0.1) is 0 Å². The van der Waals surface area contributed by atoms with Crippen LogP contribution < -0.4 is 15.8 Å². The van der Waals surface area contributed by atoms with Crippen LogP contribution in [0.25, 0.3) is 0 Å². The molecule has 2 atom stereocenters. The van der Waals surface area contributed by atoms with Crippen molar-refractivity contribution < 1.29 is 22.7 Å². The quantitative estimate of drug-likeness (QED) is 0.453. The number of nitrogens with zero attached hydrogens (tertiary/aromatic N) is 1. The molecule has 0 saturated carbocycles. The zero-order valence-corrected chi connectivity index (χ0v) is 21.2. The highest BCUT2D eigenvalue weighted by molar-refractivity contribution is 7.89. The molecule has 190 valence electrons. The van der Waals surface area contributed by atoms with Gasteiger partial charge in [0.05, 0.1) is 29.8 Å². The summed E-state index contributed by atoms with van der Waals surface area (Å²) >= 11 is 0. The minimum atomic E-state index is -3.85. The molecular formula is C25H34N4O5S. The van der Waals surface area contributed by atoms with Gasteiger partial charge in [-0.2, -0.15) is 4.72 Å². The Balaban J connectivity index is 1.75. The number of aryl methyl sites for hydroxylation is 1. The number of hydrogen-bond acceptors (Lipinski definition) is 6. The molecular weight excluding hydrogens is 468 g/mol. The van der Waals surface area contributed by atoms with Crippen molar-refractivity contribution >= 4 is 21.8 Å². The summed E-state index contributed by atoms with van der Waals surface area (Å²) in [6, 6.07) is 15.1. The Morgan fingerprint density at radius 3 is 2.46 bits per heavy atom. The first kappa shape index (κ1) is 26.8. The fourth-order valence-electron chi connectivity index (χ4n) is 3.84. The van der Waals surface area contributed by atoms with Gasteiger partial charge in [0.1, 0.15) is 6.04 Å². The van der Waals surface area contributed by atoms with Crippen LogP contribution in [0.2, 0.25) is 0 Å². The number of carbonyl (C=O) groups is 2. The maximum Gasteiger partial charge on any atom is 0.248 e. The van der Waals surface area contributed by atoms with E-state index in [-0.39, 0.29) is 18.1 Å². The summed E-state index contributed by atoms with van der Waals surface area (Å²) < 4.78 is 34.5. The lowest BCUT2D eigenvalue weighted by Crippen LogP contribution is -2.59. The van der Waals surface area contributed by atoms with Gasteiger partial charge in [0, 0.05) is 6.54 Å². The molecule has 0 aromatic heterocycles. The predicted molar refractivity (Wildman–Crippen MR) is 133 cm³/mol. The molecule has 0 aliphatic carbocycles. The van der Waals surface area contributed by atoms with E-state index in [0.717, 1.165) is 5.56 Å². The zero-order chi connectivity index (χ0) is 25.6. The molecule has 1 heterocycles. The van der Waals surface area contributed by atoms with Crippen LogP contribution >= 0.6 is 0 Å². The first-order valence-electron chi connectivity index (χ1n) is 11.6. The van der Waals surface area contributed by atoms with Crippen LogP contribution in [-0.4, -0.2) is 56.0 Å². The normalized spacial score (nSPS) is 17.3. The van der Waals surface area contributed by atoms with Crippen LogP contribution in [0.15, 0.2) is 59.5 Å². The molecule has 2 aromatic carbocycles. The number of likely N-dealkylation sites (tertiary alicyclic amines) is 1. The van der Waals surface area contributed by atoms with E-state index in [0.29, 0.717) is 24.9 Å². The van der Waals surface area contributed by atoms with Crippen molar-refractivity contribution in [3.63, 3.8) is 0 Å². The van der Waals surface area contributed by atoms with Gasteiger partial charge in [-0.1, -0.05) is 48.5 Å². The Hall–Kier alpha value is -2.79.